The van der Waals surface area contributed by atoms with E-state index in [2.05, 4.69) is 5.43 Å². The van der Waals surface area contributed by atoms with Gasteiger partial charge in [0.1, 0.15) is 5.92 Å². The average molecular weight is 609 g/mol. The predicted molar refractivity (Wildman–Crippen MR) is 156 cm³/mol. The van der Waals surface area contributed by atoms with E-state index < -0.39 is 23.6 Å². The molecule has 15 heteroatoms. The van der Waals surface area contributed by atoms with Crippen molar-refractivity contribution in [3.8, 4) is 34.5 Å². The van der Waals surface area contributed by atoms with Gasteiger partial charge in [-0.05, 0) is 55.6 Å². The van der Waals surface area contributed by atoms with E-state index in [0.29, 0.717) is 22.3 Å². The molecule has 0 saturated heterocycles. The molecule has 1 unspecified atom stereocenters. The number of thiocarbonyl (C=S) groups is 2. The van der Waals surface area contributed by atoms with E-state index in [0.717, 1.165) is 16.9 Å². The Bertz CT molecular complexity index is 1310. The van der Waals surface area contributed by atoms with E-state index in [4.69, 9.17) is 52.9 Å². The van der Waals surface area contributed by atoms with Crippen molar-refractivity contribution in [1.82, 2.24) is 20.5 Å². The van der Waals surface area contributed by atoms with Crippen LogP contribution in [0.25, 0.3) is 0 Å². The molecule has 0 radical (unpaired) electrons. The Morgan fingerprint density at radius 1 is 0.756 bits per heavy atom. The molecule has 13 nitrogen and oxygen atoms in total. The maximum absolute atomic E-state index is 13.3. The zero-order chi connectivity index (χ0) is 30.9. The van der Waals surface area contributed by atoms with Crippen LogP contribution in [0.4, 0.5) is 0 Å². The highest BCUT2D eigenvalue weighted by atomic mass is 32.1. The average Bonchev–Trinajstić information content (AvgIpc) is 2.95. The normalized spacial score (nSPS) is 10.8. The van der Waals surface area contributed by atoms with Gasteiger partial charge in [0.15, 0.2) is 23.0 Å². The van der Waals surface area contributed by atoms with Crippen molar-refractivity contribution in [3.05, 3.63) is 36.4 Å². The van der Waals surface area contributed by atoms with Gasteiger partial charge in [-0.2, -0.15) is 5.01 Å². The molecule has 0 spiro atoms. The minimum Gasteiger partial charge on any atom is -0.493 e. The molecule has 41 heavy (non-hydrogen) atoms. The molecule has 2 aromatic carbocycles. The number of nitrogens with zero attached hydrogens (tertiary/aromatic N) is 3. The van der Waals surface area contributed by atoms with Crippen molar-refractivity contribution in [2.24, 2.45) is 5.92 Å². The third kappa shape index (κ3) is 7.85. The molecule has 222 valence electrons. The van der Waals surface area contributed by atoms with Crippen LogP contribution >= 0.6 is 24.4 Å². The molecule has 0 aromatic heterocycles. The smallest absolute Gasteiger partial charge is 0.284 e. The number of hydrazine groups is 2. The van der Waals surface area contributed by atoms with E-state index >= 15 is 0 Å². The SMILES string of the molecule is COc1cccc(OC(=S)N(C)NC(=O)C(C)C(=O)N(C(C)=O)N(C)C(=S)Oc2cccc(OC)c2OC)c1OC. The number of methoxy groups -OCH3 is 4. The highest BCUT2D eigenvalue weighted by molar-refractivity contribution is 7.80. The number of imide groups is 1. The van der Waals surface area contributed by atoms with Crippen LogP contribution in [0.1, 0.15) is 13.8 Å². The summed E-state index contributed by atoms with van der Waals surface area (Å²) in [5.74, 6) is -1.93. The maximum Gasteiger partial charge on any atom is 0.284 e. The highest BCUT2D eigenvalue weighted by Crippen LogP contribution is 2.37. The molecule has 1 N–H and O–H groups in total. The van der Waals surface area contributed by atoms with E-state index in [1.54, 1.807) is 36.4 Å². The van der Waals surface area contributed by atoms with Crippen molar-refractivity contribution in [1.29, 1.82) is 0 Å². The molecular weight excluding hydrogens is 576 g/mol. The van der Waals surface area contributed by atoms with Crippen LogP contribution in [0.5, 0.6) is 34.5 Å². The highest BCUT2D eigenvalue weighted by Gasteiger charge is 2.34. The lowest BCUT2D eigenvalue weighted by Crippen LogP contribution is -2.55. The summed E-state index contributed by atoms with van der Waals surface area (Å²) in [7, 11) is 8.55. The molecule has 0 aliphatic rings. The summed E-state index contributed by atoms with van der Waals surface area (Å²) in [4.78, 5) is 38.7. The fourth-order valence-electron chi connectivity index (χ4n) is 3.40. The summed E-state index contributed by atoms with van der Waals surface area (Å²) in [5.41, 5.74) is 2.46. The Morgan fingerprint density at radius 3 is 1.61 bits per heavy atom. The minimum absolute atomic E-state index is 0.160. The zero-order valence-corrected chi connectivity index (χ0v) is 25.5. The number of rotatable bonds is 8. The molecule has 2 aromatic rings. The van der Waals surface area contributed by atoms with Gasteiger partial charge in [0.25, 0.3) is 22.2 Å². The van der Waals surface area contributed by atoms with Crippen LogP contribution in [0.15, 0.2) is 36.4 Å². The van der Waals surface area contributed by atoms with Crippen LogP contribution in [0, 0.1) is 5.92 Å². The van der Waals surface area contributed by atoms with Crippen LogP contribution in [0.3, 0.4) is 0 Å². The van der Waals surface area contributed by atoms with Gasteiger partial charge in [0.2, 0.25) is 17.4 Å². The Balaban J connectivity index is 2.13. The van der Waals surface area contributed by atoms with Gasteiger partial charge in [-0.15, -0.1) is 0 Å². The van der Waals surface area contributed by atoms with Crippen LogP contribution in [-0.2, 0) is 14.4 Å². The van der Waals surface area contributed by atoms with E-state index in [9.17, 15) is 14.4 Å². The fourth-order valence-corrected chi connectivity index (χ4v) is 3.70. The van der Waals surface area contributed by atoms with Gasteiger partial charge in [-0.3, -0.25) is 19.8 Å². The second kappa shape index (κ2) is 14.9. The summed E-state index contributed by atoms with van der Waals surface area (Å²) in [5, 5.41) is 2.37. The Hall–Kier alpha value is -4.37. The lowest BCUT2D eigenvalue weighted by Gasteiger charge is -2.32. The Kier molecular flexibility index (Phi) is 11.9. The van der Waals surface area contributed by atoms with E-state index in [1.165, 1.54) is 49.5 Å². The first kappa shape index (κ1) is 32.8. The molecule has 0 heterocycles. The molecule has 2 rings (SSSR count). The van der Waals surface area contributed by atoms with Gasteiger partial charge in [-0.25, -0.2) is 10.0 Å². The first-order chi connectivity index (χ1) is 19.4. The van der Waals surface area contributed by atoms with Crippen LogP contribution < -0.4 is 33.8 Å². The number of hydrogen-bond donors (Lipinski definition) is 1. The number of benzene rings is 2. The topological polar surface area (TPSA) is 128 Å². The van der Waals surface area contributed by atoms with E-state index in [1.807, 2.05) is 0 Å². The molecular formula is C26H32N4O9S2. The van der Waals surface area contributed by atoms with Gasteiger partial charge < -0.3 is 28.4 Å². The summed E-state index contributed by atoms with van der Waals surface area (Å²) in [6.07, 6.45) is 0. The molecule has 1 atom stereocenters. The Morgan fingerprint density at radius 2 is 1.20 bits per heavy atom. The number of carbonyl (C=O) groups is 3. The van der Waals surface area contributed by atoms with Crippen molar-refractivity contribution < 1.29 is 42.8 Å². The number of para-hydroxylation sites is 2. The Labute approximate surface area is 248 Å². The van der Waals surface area contributed by atoms with Gasteiger partial charge >= 0.3 is 0 Å². The van der Waals surface area contributed by atoms with Gasteiger partial charge in [0, 0.05) is 21.0 Å². The third-order valence-corrected chi connectivity index (χ3v) is 6.22. The minimum atomic E-state index is -1.35. The first-order valence-corrected chi connectivity index (χ1v) is 12.7. The van der Waals surface area contributed by atoms with Crippen molar-refractivity contribution in [3.63, 3.8) is 0 Å². The van der Waals surface area contributed by atoms with Crippen molar-refractivity contribution >= 4 is 52.5 Å². The second-order valence-corrected chi connectivity index (χ2v) is 8.87. The number of amides is 3. The largest absolute Gasteiger partial charge is 0.493 e. The molecule has 3 amide bonds. The number of carbonyl (C=O) groups excluding carboxylic acids is 3. The van der Waals surface area contributed by atoms with E-state index in [-0.39, 0.29) is 27.6 Å². The molecule has 0 saturated carbocycles. The van der Waals surface area contributed by atoms with Gasteiger partial charge in [-0.1, -0.05) is 12.1 Å². The maximum atomic E-state index is 13.3. The molecule has 0 aliphatic carbocycles. The van der Waals surface area contributed by atoms with Crippen LogP contribution in [0.2, 0.25) is 0 Å². The quantitative estimate of drug-likeness (QED) is 0.268. The molecule has 0 fully saturated rings. The molecule has 0 aliphatic heterocycles. The summed E-state index contributed by atoms with van der Waals surface area (Å²) < 4.78 is 32.5. The summed E-state index contributed by atoms with van der Waals surface area (Å²) >= 11 is 10.6. The van der Waals surface area contributed by atoms with Crippen molar-refractivity contribution in [2.75, 3.05) is 42.5 Å². The lowest BCUT2D eigenvalue weighted by molar-refractivity contribution is -0.160. The summed E-state index contributed by atoms with van der Waals surface area (Å²) in [6.45, 7) is 2.46. The number of ether oxygens (including phenoxy) is 6. The number of nitrogens with one attached hydrogen (secondary N) is 1. The summed E-state index contributed by atoms with van der Waals surface area (Å²) in [6, 6.07) is 9.82. The van der Waals surface area contributed by atoms with Gasteiger partial charge in [0.05, 0.1) is 28.4 Å². The molecule has 0 bridgehead atoms. The monoisotopic (exact) mass is 608 g/mol. The first-order valence-electron chi connectivity index (χ1n) is 11.9. The lowest BCUT2D eigenvalue weighted by atomic mass is 10.1. The van der Waals surface area contributed by atoms with Crippen molar-refractivity contribution in [2.45, 2.75) is 13.8 Å². The zero-order valence-electron chi connectivity index (χ0n) is 23.9. The standard InChI is InChI=1S/C26H32N4O9S2/c1-15(23(32)27-28(3)25(40)38-19-13-9-11-17(34-5)21(19)36-7)24(33)30(16(2)31)29(4)26(41)39-20-14-10-12-18(35-6)22(20)37-8/h9-15H,1-8H3,(H,27,32). The predicted octanol–water partition coefficient (Wildman–Crippen LogP) is 2.57. The van der Waals surface area contributed by atoms with Crippen LogP contribution in [-0.4, -0.2) is 85.6 Å². The second-order valence-electron chi connectivity index (χ2n) is 8.17. The fraction of sp³-hybridized carbons (Fsp3) is 0.346. The number of hydrogen-bond acceptors (Lipinski definition) is 11. The third-order valence-electron chi connectivity index (χ3n) is 5.51.